The van der Waals surface area contributed by atoms with Crippen molar-refractivity contribution >= 4 is 0 Å². The summed E-state index contributed by atoms with van der Waals surface area (Å²) in [5, 5.41) is 0. The molecule has 0 aromatic carbocycles. The van der Waals surface area contributed by atoms with Gasteiger partial charge in [0.25, 0.3) is 0 Å². The highest BCUT2D eigenvalue weighted by atomic mass is 15.0. The molecule has 1 aromatic heterocycles. The van der Waals surface area contributed by atoms with Crippen molar-refractivity contribution in [2.45, 2.75) is 13.1 Å². The molecule has 0 saturated heterocycles. The highest BCUT2D eigenvalue weighted by Crippen LogP contribution is 2.07. The Kier molecular flexibility index (Phi) is 3.51. The van der Waals surface area contributed by atoms with Crippen LogP contribution in [0, 0.1) is 0 Å². The number of hydrogen-bond donors (Lipinski definition) is 1. The summed E-state index contributed by atoms with van der Waals surface area (Å²) in [6.45, 7) is 1.33. The van der Waals surface area contributed by atoms with Crippen LogP contribution in [0.3, 0.4) is 0 Å². The summed E-state index contributed by atoms with van der Waals surface area (Å²) in [6.07, 6.45) is 17.9. The maximum absolute atomic E-state index is 5.63. The van der Waals surface area contributed by atoms with E-state index in [1.54, 1.807) is 0 Å². The zero-order chi connectivity index (χ0) is 11.2. The molecule has 0 fully saturated rings. The summed E-state index contributed by atoms with van der Waals surface area (Å²) in [4.78, 5) is 4.10. The third kappa shape index (κ3) is 2.58. The van der Waals surface area contributed by atoms with E-state index in [1.165, 1.54) is 5.57 Å². The fourth-order valence-electron chi connectivity index (χ4n) is 1.57. The quantitative estimate of drug-likeness (QED) is 0.834. The van der Waals surface area contributed by atoms with Gasteiger partial charge in [0.05, 0.1) is 12.0 Å². The molecule has 0 saturated carbocycles. The summed E-state index contributed by atoms with van der Waals surface area (Å²) >= 11 is 0. The topological polar surface area (TPSA) is 43.8 Å². The number of allylic oxidation sites excluding steroid dienone is 8. The maximum Gasteiger partial charge on any atom is 0.0951 e. The first-order valence-electron chi connectivity index (χ1n) is 5.30. The monoisotopic (exact) mass is 213 g/mol. The molecule has 0 bridgehead atoms. The summed E-state index contributed by atoms with van der Waals surface area (Å²) in [5.41, 5.74) is 7.91. The summed E-state index contributed by atoms with van der Waals surface area (Å²) in [5.74, 6) is 0. The minimum Gasteiger partial charge on any atom is -0.329 e. The summed E-state index contributed by atoms with van der Waals surface area (Å²) < 4.78 is 2.06. The Morgan fingerprint density at radius 3 is 2.81 bits per heavy atom. The molecule has 3 nitrogen and oxygen atoms in total. The van der Waals surface area contributed by atoms with E-state index in [2.05, 4.69) is 21.7 Å². The lowest BCUT2D eigenvalue weighted by atomic mass is 10.2. The van der Waals surface area contributed by atoms with Gasteiger partial charge in [-0.25, -0.2) is 4.98 Å². The Bertz CT molecular complexity index is 461. The van der Waals surface area contributed by atoms with Gasteiger partial charge in [0, 0.05) is 19.3 Å². The standard InChI is InChI=1S/C13H15N3/c14-8-13-9-15-11-16(13)10-12-6-4-2-1-3-5-7-12/h1-7,9,11H,8,10,14H2. The number of nitrogens with zero attached hydrogens (tertiary/aromatic N) is 2. The number of imidazole rings is 1. The van der Waals surface area contributed by atoms with Crippen LogP contribution in [-0.2, 0) is 13.1 Å². The molecule has 2 N–H and O–H groups in total. The van der Waals surface area contributed by atoms with Crippen molar-refractivity contribution in [1.82, 2.24) is 9.55 Å². The Hall–Kier alpha value is -1.87. The van der Waals surface area contributed by atoms with Crippen LogP contribution in [0.5, 0.6) is 0 Å². The van der Waals surface area contributed by atoms with E-state index in [9.17, 15) is 0 Å². The zero-order valence-corrected chi connectivity index (χ0v) is 9.08. The molecule has 0 atom stereocenters. The molecular weight excluding hydrogens is 198 g/mol. The Labute approximate surface area is 95.3 Å². The van der Waals surface area contributed by atoms with Gasteiger partial charge in [-0.3, -0.25) is 0 Å². The molecule has 82 valence electrons. The molecule has 3 heteroatoms. The van der Waals surface area contributed by atoms with Gasteiger partial charge in [-0.15, -0.1) is 0 Å². The van der Waals surface area contributed by atoms with Crippen molar-refractivity contribution < 1.29 is 0 Å². The van der Waals surface area contributed by atoms with Gasteiger partial charge in [-0.2, -0.15) is 0 Å². The molecule has 2 rings (SSSR count). The fourth-order valence-corrected chi connectivity index (χ4v) is 1.57. The second-order valence-corrected chi connectivity index (χ2v) is 3.59. The lowest BCUT2D eigenvalue weighted by Gasteiger charge is -2.07. The molecule has 0 aliphatic heterocycles. The van der Waals surface area contributed by atoms with Crippen molar-refractivity contribution in [1.29, 1.82) is 0 Å². The van der Waals surface area contributed by atoms with Crippen LogP contribution in [0.2, 0.25) is 0 Å². The predicted molar refractivity (Wildman–Crippen MR) is 65.6 cm³/mol. The van der Waals surface area contributed by atoms with E-state index < -0.39 is 0 Å². The van der Waals surface area contributed by atoms with Gasteiger partial charge >= 0.3 is 0 Å². The van der Waals surface area contributed by atoms with Crippen LogP contribution in [0.15, 0.2) is 60.6 Å². The van der Waals surface area contributed by atoms with Crippen molar-refractivity contribution in [3.8, 4) is 0 Å². The third-order valence-corrected chi connectivity index (χ3v) is 2.43. The first-order chi connectivity index (χ1) is 7.90. The van der Waals surface area contributed by atoms with Crippen LogP contribution < -0.4 is 5.73 Å². The minimum absolute atomic E-state index is 0.521. The van der Waals surface area contributed by atoms with Gasteiger partial charge in [0.2, 0.25) is 0 Å². The first-order valence-corrected chi connectivity index (χ1v) is 5.30. The predicted octanol–water partition coefficient (Wildman–Crippen LogP) is 1.95. The fraction of sp³-hybridized carbons (Fsp3) is 0.154. The maximum atomic E-state index is 5.63. The van der Waals surface area contributed by atoms with Gasteiger partial charge in [-0.05, 0) is 5.57 Å². The number of rotatable bonds is 3. The lowest BCUT2D eigenvalue weighted by Crippen LogP contribution is -2.07. The normalized spacial score (nSPS) is 14.7. The molecule has 0 unspecified atom stereocenters. The molecule has 1 aromatic rings. The summed E-state index contributed by atoms with van der Waals surface area (Å²) in [7, 11) is 0. The number of nitrogens with two attached hydrogens (primary N) is 1. The minimum atomic E-state index is 0.521. The average Bonchev–Trinajstić information content (AvgIpc) is 2.69. The van der Waals surface area contributed by atoms with Crippen LogP contribution >= 0.6 is 0 Å². The largest absolute Gasteiger partial charge is 0.329 e. The van der Waals surface area contributed by atoms with Crippen LogP contribution in [0.25, 0.3) is 0 Å². The zero-order valence-electron chi connectivity index (χ0n) is 9.08. The van der Waals surface area contributed by atoms with E-state index in [1.807, 2.05) is 42.9 Å². The Morgan fingerprint density at radius 2 is 1.94 bits per heavy atom. The first kappa shape index (κ1) is 10.6. The van der Waals surface area contributed by atoms with E-state index in [-0.39, 0.29) is 0 Å². The highest BCUT2D eigenvalue weighted by molar-refractivity contribution is 5.31. The second-order valence-electron chi connectivity index (χ2n) is 3.59. The summed E-state index contributed by atoms with van der Waals surface area (Å²) in [6, 6.07) is 0. The van der Waals surface area contributed by atoms with Crippen molar-refractivity contribution in [2.24, 2.45) is 5.73 Å². The molecule has 0 radical (unpaired) electrons. The number of aromatic nitrogens is 2. The smallest absolute Gasteiger partial charge is 0.0951 e. The van der Waals surface area contributed by atoms with Crippen LogP contribution in [0.4, 0.5) is 0 Å². The van der Waals surface area contributed by atoms with Crippen molar-refractivity contribution in [3.63, 3.8) is 0 Å². The molecule has 0 amide bonds. The van der Waals surface area contributed by atoms with E-state index in [0.29, 0.717) is 6.54 Å². The van der Waals surface area contributed by atoms with Crippen molar-refractivity contribution in [3.05, 3.63) is 66.3 Å². The molecule has 0 spiro atoms. The van der Waals surface area contributed by atoms with Gasteiger partial charge in [0.15, 0.2) is 0 Å². The average molecular weight is 213 g/mol. The molecule has 16 heavy (non-hydrogen) atoms. The molecule has 1 aliphatic rings. The third-order valence-electron chi connectivity index (χ3n) is 2.43. The lowest BCUT2D eigenvalue weighted by molar-refractivity contribution is 0.739. The van der Waals surface area contributed by atoms with E-state index >= 15 is 0 Å². The highest BCUT2D eigenvalue weighted by Gasteiger charge is 2.00. The van der Waals surface area contributed by atoms with E-state index in [0.717, 1.165) is 12.2 Å². The Balaban J connectivity index is 2.15. The molecule has 1 aliphatic carbocycles. The Morgan fingerprint density at radius 1 is 1.12 bits per heavy atom. The van der Waals surface area contributed by atoms with Gasteiger partial charge < -0.3 is 10.3 Å². The number of hydrogen-bond acceptors (Lipinski definition) is 2. The second kappa shape index (κ2) is 5.28. The van der Waals surface area contributed by atoms with Gasteiger partial charge in [-0.1, -0.05) is 42.5 Å². The molecule has 1 heterocycles. The van der Waals surface area contributed by atoms with Crippen molar-refractivity contribution in [2.75, 3.05) is 0 Å². The van der Waals surface area contributed by atoms with Crippen LogP contribution in [0.1, 0.15) is 5.69 Å². The van der Waals surface area contributed by atoms with E-state index in [4.69, 9.17) is 5.73 Å². The SMILES string of the molecule is NCc1cncn1CC1=CC=CC=CC=C1. The van der Waals surface area contributed by atoms with Gasteiger partial charge in [0.1, 0.15) is 0 Å². The van der Waals surface area contributed by atoms with Crippen LogP contribution in [-0.4, -0.2) is 9.55 Å². The molecular formula is C13H15N3.